The van der Waals surface area contributed by atoms with Gasteiger partial charge in [-0.2, -0.15) is 4.98 Å². The second-order valence-corrected chi connectivity index (χ2v) is 4.00. The van der Waals surface area contributed by atoms with Crippen LogP contribution in [0.25, 0.3) is 11.4 Å². The van der Waals surface area contributed by atoms with Gasteiger partial charge < -0.3 is 5.11 Å². The molecule has 1 aromatic carbocycles. The predicted octanol–water partition coefficient (Wildman–Crippen LogP) is 2.97. The zero-order chi connectivity index (χ0) is 11.5. The fourth-order valence-electron chi connectivity index (χ4n) is 1.46. The highest BCUT2D eigenvalue weighted by atomic mass is 16.3. The van der Waals surface area contributed by atoms with Gasteiger partial charge in [0.15, 0.2) is 5.82 Å². The summed E-state index contributed by atoms with van der Waals surface area (Å²) >= 11 is 0. The Morgan fingerprint density at radius 2 is 1.75 bits per heavy atom. The van der Waals surface area contributed by atoms with Crippen LogP contribution in [-0.2, 0) is 0 Å². The van der Waals surface area contributed by atoms with Gasteiger partial charge in [-0.25, -0.2) is 4.98 Å². The van der Waals surface area contributed by atoms with Crippen LogP contribution in [0.3, 0.4) is 0 Å². The van der Waals surface area contributed by atoms with Gasteiger partial charge in [0.05, 0.1) is 5.69 Å². The number of benzene rings is 1. The van der Waals surface area contributed by atoms with Crippen molar-refractivity contribution >= 4 is 0 Å². The van der Waals surface area contributed by atoms with E-state index in [0.29, 0.717) is 5.82 Å². The first kappa shape index (κ1) is 10.6. The van der Waals surface area contributed by atoms with Gasteiger partial charge in [-0.15, -0.1) is 0 Å². The van der Waals surface area contributed by atoms with Gasteiger partial charge in [-0.05, 0) is 5.92 Å². The summed E-state index contributed by atoms with van der Waals surface area (Å²) in [5, 5.41) is 9.55. The molecule has 3 heteroatoms. The second-order valence-electron chi connectivity index (χ2n) is 4.00. The van der Waals surface area contributed by atoms with E-state index in [1.54, 1.807) is 6.07 Å². The molecule has 1 aromatic heterocycles. The Morgan fingerprint density at radius 1 is 1.06 bits per heavy atom. The van der Waals surface area contributed by atoms with Crippen LogP contribution in [0.15, 0.2) is 36.4 Å². The smallest absolute Gasteiger partial charge is 0.214 e. The highest BCUT2D eigenvalue weighted by Gasteiger charge is 2.08. The Hall–Kier alpha value is -1.90. The Kier molecular flexibility index (Phi) is 2.86. The largest absolute Gasteiger partial charge is 0.493 e. The molecule has 2 rings (SSSR count). The molecule has 0 radical (unpaired) electrons. The summed E-state index contributed by atoms with van der Waals surface area (Å²) < 4.78 is 0. The van der Waals surface area contributed by atoms with Crippen LogP contribution in [0, 0.1) is 0 Å². The lowest BCUT2D eigenvalue weighted by Gasteiger charge is -2.07. The molecule has 2 aromatic rings. The number of rotatable bonds is 2. The van der Waals surface area contributed by atoms with E-state index in [9.17, 15) is 5.11 Å². The third kappa shape index (κ3) is 2.19. The SMILES string of the molecule is CC(C)c1cc(O)nc(-c2ccccc2)n1. The van der Waals surface area contributed by atoms with Gasteiger partial charge in [-0.3, -0.25) is 0 Å². The average molecular weight is 214 g/mol. The minimum atomic E-state index is 0.0255. The molecular weight excluding hydrogens is 200 g/mol. The topological polar surface area (TPSA) is 46.0 Å². The number of aromatic hydroxyl groups is 1. The van der Waals surface area contributed by atoms with Gasteiger partial charge in [-0.1, -0.05) is 44.2 Å². The molecule has 16 heavy (non-hydrogen) atoms. The third-order valence-corrected chi connectivity index (χ3v) is 2.36. The minimum absolute atomic E-state index is 0.0255. The summed E-state index contributed by atoms with van der Waals surface area (Å²) in [6.07, 6.45) is 0. The van der Waals surface area contributed by atoms with E-state index < -0.39 is 0 Å². The highest BCUT2D eigenvalue weighted by Crippen LogP contribution is 2.21. The summed E-state index contributed by atoms with van der Waals surface area (Å²) in [6, 6.07) is 11.3. The lowest BCUT2D eigenvalue weighted by Crippen LogP contribution is -1.97. The lowest BCUT2D eigenvalue weighted by molar-refractivity contribution is 0.451. The fourth-order valence-corrected chi connectivity index (χ4v) is 1.46. The van der Waals surface area contributed by atoms with Gasteiger partial charge in [0.2, 0.25) is 5.88 Å². The van der Waals surface area contributed by atoms with E-state index in [1.807, 2.05) is 44.2 Å². The van der Waals surface area contributed by atoms with E-state index in [1.165, 1.54) is 0 Å². The summed E-state index contributed by atoms with van der Waals surface area (Å²) in [5.41, 5.74) is 1.77. The summed E-state index contributed by atoms with van der Waals surface area (Å²) in [7, 11) is 0. The van der Waals surface area contributed by atoms with E-state index in [2.05, 4.69) is 9.97 Å². The van der Waals surface area contributed by atoms with Crippen molar-refractivity contribution in [3.63, 3.8) is 0 Å². The molecule has 0 bridgehead atoms. The molecule has 0 unspecified atom stereocenters. The molecule has 3 nitrogen and oxygen atoms in total. The highest BCUT2D eigenvalue weighted by molar-refractivity contribution is 5.55. The quantitative estimate of drug-likeness (QED) is 0.835. The Balaban J connectivity index is 2.50. The van der Waals surface area contributed by atoms with Gasteiger partial charge >= 0.3 is 0 Å². The molecule has 0 aliphatic rings. The fraction of sp³-hybridized carbons (Fsp3) is 0.231. The van der Waals surface area contributed by atoms with Gasteiger partial charge in [0, 0.05) is 11.6 Å². The van der Waals surface area contributed by atoms with Crippen molar-refractivity contribution < 1.29 is 5.11 Å². The van der Waals surface area contributed by atoms with Crippen molar-refractivity contribution in [3.8, 4) is 17.3 Å². The number of nitrogens with zero attached hydrogens (tertiary/aromatic N) is 2. The second kappa shape index (κ2) is 4.31. The van der Waals surface area contributed by atoms with E-state index >= 15 is 0 Å². The molecular formula is C13H14N2O. The molecule has 82 valence electrons. The maximum Gasteiger partial charge on any atom is 0.214 e. The number of aromatic nitrogens is 2. The summed E-state index contributed by atoms with van der Waals surface area (Å²) in [6.45, 7) is 4.08. The maximum atomic E-state index is 9.55. The monoisotopic (exact) mass is 214 g/mol. The van der Waals surface area contributed by atoms with Gasteiger partial charge in [0.25, 0.3) is 0 Å². The van der Waals surface area contributed by atoms with Crippen LogP contribution < -0.4 is 0 Å². The minimum Gasteiger partial charge on any atom is -0.493 e. The molecule has 0 amide bonds. The Morgan fingerprint density at radius 3 is 2.38 bits per heavy atom. The molecule has 0 fully saturated rings. The zero-order valence-electron chi connectivity index (χ0n) is 9.38. The molecule has 0 saturated heterocycles. The van der Waals surface area contributed by atoms with Crippen LogP contribution in [0.4, 0.5) is 0 Å². The Labute approximate surface area is 94.8 Å². The molecule has 0 aliphatic heterocycles. The summed E-state index contributed by atoms with van der Waals surface area (Å²) in [5.74, 6) is 0.873. The van der Waals surface area contributed by atoms with Crippen molar-refractivity contribution in [3.05, 3.63) is 42.1 Å². The van der Waals surface area contributed by atoms with Crippen molar-refractivity contribution in [2.24, 2.45) is 0 Å². The summed E-state index contributed by atoms with van der Waals surface area (Å²) in [4.78, 5) is 8.46. The van der Waals surface area contributed by atoms with Gasteiger partial charge in [0.1, 0.15) is 0 Å². The van der Waals surface area contributed by atoms with E-state index in [0.717, 1.165) is 11.3 Å². The van der Waals surface area contributed by atoms with Crippen LogP contribution in [0.2, 0.25) is 0 Å². The normalized spacial score (nSPS) is 10.7. The molecule has 0 spiro atoms. The van der Waals surface area contributed by atoms with Crippen LogP contribution >= 0.6 is 0 Å². The van der Waals surface area contributed by atoms with Crippen LogP contribution in [-0.4, -0.2) is 15.1 Å². The molecule has 0 aliphatic carbocycles. The van der Waals surface area contributed by atoms with E-state index in [4.69, 9.17) is 0 Å². The van der Waals surface area contributed by atoms with Crippen molar-refractivity contribution in [1.29, 1.82) is 0 Å². The first-order valence-electron chi connectivity index (χ1n) is 5.30. The predicted molar refractivity (Wildman–Crippen MR) is 63.2 cm³/mol. The van der Waals surface area contributed by atoms with Crippen LogP contribution in [0.1, 0.15) is 25.5 Å². The lowest BCUT2D eigenvalue weighted by atomic mass is 10.1. The Bertz CT molecular complexity index is 481. The molecule has 0 saturated carbocycles. The first-order valence-corrected chi connectivity index (χ1v) is 5.30. The van der Waals surface area contributed by atoms with Crippen molar-refractivity contribution in [2.75, 3.05) is 0 Å². The third-order valence-electron chi connectivity index (χ3n) is 2.36. The van der Waals surface area contributed by atoms with Crippen molar-refractivity contribution in [1.82, 2.24) is 9.97 Å². The van der Waals surface area contributed by atoms with Crippen LogP contribution in [0.5, 0.6) is 5.88 Å². The van der Waals surface area contributed by atoms with E-state index in [-0.39, 0.29) is 11.8 Å². The average Bonchev–Trinajstić information content (AvgIpc) is 2.29. The number of hydrogen-bond donors (Lipinski definition) is 1. The van der Waals surface area contributed by atoms with Crippen molar-refractivity contribution in [2.45, 2.75) is 19.8 Å². The molecule has 0 atom stereocenters. The number of hydrogen-bond acceptors (Lipinski definition) is 3. The molecule has 1 N–H and O–H groups in total. The first-order chi connectivity index (χ1) is 7.66. The maximum absolute atomic E-state index is 9.55. The zero-order valence-corrected chi connectivity index (χ0v) is 9.38. The standard InChI is InChI=1S/C13H14N2O/c1-9(2)11-8-12(16)15-13(14-11)10-6-4-3-5-7-10/h3-9H,1-2H3,(H,14,15,16). The molecule has 1 heterocycles.